The third-order valence-electron chi connectivity index (χ3n) is 4.97. The Bertz CT molecular complexity index is 706. The Hall–Kier alpha value is -2.63. The van der Waals surface area contributed by atoms with E-state index in [9.17, 15) is 4.79 Å². The lowest BCUT2D eigenvalue weighted by Gasteiger charge is -2.17. The van der Waals surface area contributed by atoms with E-state index in [-0.39, 0.29) is 6.03 Å². The lowest BCUT2D eigenvalue weighted by atomic mass is 9.86. The molecule has 1 saturated heterocycles. The molecule has 1 fully saturated rings. The van der Waals surface area contributed by atoms with Crippen molar-refractivity contribution in [1.82, 2.24) is 25.0 Å². The lowest BCUT2D eigenvalue weighted by Crippen LogP contribution is -2.38. The number of likely N-dealkylation sites (tertiary alicyclic amines) is 1. The van der Waals surface area contributed by atoms with E-state index in [4.69, 9.17) is 0 Å². The van der Waals surface area contributed by atoms with Gasteiger partial charge in [-0.15, -0.1) is 0 Å². The monoisotopic (exact) mass is 323 g/mol. The van der Waals surface area contributed by atoms with E-state index in [0.29, 0.717) is 18.4 Å². The van der Waals surface area contributed by atoms with Crippen LogP contribution in [0.3, 0.4) is 0 Å². The Kier molecular flexibility index (Phi) is 4.02. The fourth-order valence-corrected chi connectivity index (χ4v) is 3.58. The number of aromatic nitrogens is 3. The summed E-state index contributed by atoms with van der Waals surface area (Å²) in [6.45, 7) is 2.30. The number of fused-ring (bicyclic) bond motifs is 1. The predicted molar refractivity (Wildman–Crippen MR) is 90.5 cm³/mol. The van der Waals surface area contributed by atoms with Gasteiger partial charge in [0.05, 0.1) is 5.69 Å². The number of allylic oxidation sites excluding steroid dienone is 2. The van der Waals surface area contributed by atoms with Crippen LogP contribution in [0, 0.1) is 11.8 Å². The summed E-state index contributed by atoms with van der Waals surface area (Å²) >= 11 is 0. The number of urea groups is 1. The second-order valence-electron chi connectivity index (χ2n) is 6.53. The Balaban J connectivity index is 1.31. The molecule has 24 heavy (non-hydrogen) atoms. The molecule has 6 nitrogen and oxygen atoms in total. The molecule has 6 heteroatoms. The smallest absolute Gasteiger partial charge is 0.317 e. The standard InChI is InChI=1S/C18H21N5O/c24-18(22-10-15-3-1-2-4-16(15)11-22)20-9-14-5-7-17(8-6-14)23-13-19-12-21-23/h1-2,5-8,12-13,15-16H,3-4,9-11H2,(H,20,24)/t15-,16-/m1/s1. The molecule has 0 bridgehead atoms. The van der Waals surface area contributed by atoms with Crippen LogP contribution in [0.1, 0.15) is 18.4 Å². The van der Waals surface area contributed by atoms with Crippen molar-refractivity contribution in [2.45, 2.75) is 19.4 Å². The molecule has 124 valence electrons. The summed E-state index contributed by atoms with van der Waals surface area (Å²) in [4.78, 5) is 18.3. The van der Waals surface area contributed by atoms with Crippen LogP contribution in [-0.4, -0.2) is 38.8 Å². The number of hydrogen-bond donors (Lipinski definition) is 1. The van der Waals surface area contributed by atoms with Crippen molar-refractivity contribution in [3.8, 4) is 5.69 Å². The van der Waals surface area contributed by atoms with Gasteiger partial charge in [-0.25, -0.2) is 14.5 Å². The van der Waals surface area contributed by atoms with Gasteiger partial charge in [-0.1, -0.05) is 24.3 Å². The Morgan fingerprint density at radius 1 is 1.12 bits per heavy atom. The van der Waals surface area contributed by atoms with Crippen LogP contribution in [0.15, 0.2) is 49.1 Å². The third kappa shape index (κ3) is 3.04. The van der Waals surface area contributed by atoms with E-state index in [1.807, 2.05) is 29.2 Å². The minimum absolute atomic E-state index is 0.0461. The Labute approximate surface area is 141 Å². The van der Waals surface area contributed by atoms with Gasteiger partial charge in [0.25, 0.3) is 0 Å². The number of benzene rings is 1. The van der Waals surface area contributed by atoms with Gasteiger partial charge in [-0.3, -0.25) is 0 Å². The minimum Gasteiger partial charge on any atom is -0.334 e. The summed E-state index contributed by atoms with van der Waals surface area (Å²) in [5, 5.41) is 7.14. The maximum absolute atomic E-state index is 12.4. The topological polar surface area (TPSA) is 63.1 Å². The van der Waals surface area contributed by atoms with Gasteiger partial charge >= 0.3 is 6.03 Å². The highest BCUT2D eigenvalue weighted by Gasteiger charge is 2.34. The first-order chi connectivity index (χ1) is 11.8. The number of rotatable bonds is 3. The number of nitrogens with one attached hydrogen (secondary N) is 1. The van der Waals surface area contributed by atoms with Crippen molar-refractivity contribution >= 4 is 6.03 Å². The highest BCUT2D eigenvalue weighted by Crippen LogP contribution is 2.32. The molecule has 0 saturated carbocycles. The Morgan fingerprint density at radius 2 is 1.83 bits per heavy atom. The van der Waals surface area contributed by atoms with Crippen LogP contribution in [0.2, 0.25) is 0 Å². The van der Waals surface area contributed by atoms with E-state index in [1.165, 1.54) is 6.33 Å². The van der Waals surface area contributed by atoms with Gasteiger partial charge in [0.15, 0.2) is 0 Å². The van der Waals surface area contributed by atoms with Crippen molar-refractivity contribution in [1.29, 1.82) is 0 Å². The van der Waals surface area contributed by atoms with Crippen LogP contribution in [0.4, 0.5) is 4.79 Å². The third-order valence-corrected chi connectivity index (χ3v) is 4.97. The van der Waals surface area contributed by atoms with Crippen LogP contribution in [0.25, 0.3) is 5.69 Å². The zero-order chi connectivity index (χ0) is 16.4. The van der Waals surface area contributed by atoms with Crippen LogP contribution in [-0.2, 0) is 6.54 Å². The van der Waals surface area contributed by atoms with Gasteiger partial charge < -0.3 is 10.2 Å². The van der Waals surface area contributed by atoms with Gasteiger partial charge in [0, 0.05) is 19.6 Å². The van der Waals surface area contributed by atoms with Crippen molar-refractivity contribution in [2.75, 3.05) is 13.1 Å². The highest BCUT2D eigenvalue weighted by atomic mass is 16.2. The summed E-state index contributed by atoms with van der Waals surface area (Å²) in [5.74, 6) is 1.28. The summed E-state index contributed by atoms with van der Waals surface area (Å²) in [5.41, 5.74) is 2.03. The molecule has 1 aromatic heterocycles. The largest absolute Gasteiger partial charge is 0.334 e. The van der Waals surface area contributed by atoms with E-state index in [2.05, 4.69) is 27.6 Å². The predicted octanol–water partition coefficient (Wildman–Crippen LogP) is 2.37. The first kappa shape index (κ1) is 14.9. The van der Waals surface area contributed by atoms with Gasteiger partial charge in [0.1, 0.15) is 12.7 Å². The van der Waals surface area contributed by atoms with E-state index in [0.717, 1.165) is 37.2 Å². The fraction of sp³-hybridized carbons (Fsp3) is 0.389. The van der Waals surface area contributed by atoms with Gasteiger partial charge in [-0.2, -0.15) is 5.10 Å². The normalized spacial score (nSPS) is 22.4. The zero-order valence-electron chi connectivity index (χ0n) is 13.5. The second-order valence-corrected chi connectivity index (χ2v) is 6.53. The molecule has 2 aromatic rings. The molecule has 2 amide bonds. The van der Waals surface area contributed by atoms with Crippen molar-refractivity contribution in [3.63, 3.8) is 0 Å². The van der Waals surface area contributed by atoms with Gasteiger partial charge in [-0.05, 0) is 42.4 Å². The van der Waals surface area contributed by atoms with E-state index in [1.54, 1.807) is 11.0 Å². The molecule has 4 rings (SSSR count). The van der Waals surface area contributed by atoms with Crippen LogP contribution < -0.4 is 5.32 Å². The molecule has 1 N–H and O–H groups in total. The zero-order valence-corrected chi connectivity index (χ0v) is 13.5. The fourth-order valence-electron chi connectivity index (χ4n) is 3.58. The first-order valence-corrected chi connectivity index (χ1v) is 8.41. The Morgan fingerprint density at radius 3 is 2.46 bits per heavy atom. The molecule has 2 aliphatic rings. The average molecular weight is 323 g/mol. The maximum atomic E-state index is 12.4. The summed E-state index contributed by atoms with van der Waals surface area (Å²) in [6, 6.07) is 8.01. The molecular formula is C18H21N5O. The highest BCUT2D eigenvalue weighted by molar-refractivity contribution is 5.74. The molecular weight excluding hydrogens is 302 g/mol. The van der Waals surface area contributed by atoms with Crippen molar-refractivity contribution < 1.29 is 4.79 Å². The second kappa shape index (κ2) is 6.47. The van der Waals surface area contributed by atoms with E-state index >= 15 is 0 Å². The summed E-state index contributed by atoms with van der Waals surface area (Å²) < 4.78 is 1.71. The lowest BCUT2D eigenvalue weighted by molar-refractivity contribution is 0.206. The summed E-state index contributed by atoms with van der Waals surface area (Å²) in [7, 11) is 0. The van der Waals surface area contributed by atoms with Crippen LogP contribution in [0.5, 0.6) is 0 Å². The van der Waals surface area contributed by atoms with Crippen molar-refractivity contribution in [2.24, 2.45) is 11.8 Å². The van der Waals surface area contributed by atoms with E-state index < -0.39 is 0 Å². The summed E-state index contributed by atoms with van der Waals surface area (Å²) in [6.07, 6.45) is 9.89. The molecule has 0 spiro atoms. The average Bonchev–Trinajstić information content (AvgIpc) is 3.29. The molecule has 2 heterocycles. The molecule has 1 aromatic carbocycles. The number of amides is 2. The number of nitrogens with zero attached hydrogens (tertiary/aromatic N) is 4. The number of carbonyl (C=O) groups is 1. The molecule has 1 aliphatic carbocycles. The van der Waals surface area contributed by atoms with Crippen LogP contribution >= 0.6 is 0 Å². The first-order valence-electron chi connectivity index (χ1n) is 8.41. The SMILES string of the molecule is O=C(NCc1ccc(-n2cncn2)cc1)N1C[C@H]2CC=CC[C@@H]2C1. The maximum Gasteiger partial charge on any atom is 0.317 e. The molecule has 2 atom stereocenters. The molecule has 0 unspecified atom stereocenters. The minimum atomic E-state index is 0.0461. The molecule has 1 aliphatic heterocycles. The number of carbonyl (C=O) groups excluding carboxylic acids is 1. The molecule has 0 radical (unpaired) electrons. The quantitative estimate of drug-likeness (QED) is 0.882. The van der Waals surface area contributed by atoms with Gasteiger partial charge in [0.2, 0.25) is 0 Å². The number of hydrogen-bond acceptors (Lipinski definition) is 3. The van der Waals surface area contributed by atoms with Crippen molar-refractivity contribution in [3.05, 3.63) is 54.6 Å².